The molecule has 162 valence electrons. The van der Waals surface area contributed by atoms with Crippen LogP contribution in [0.1, 0.15) is 55.8 Å². The molecular formula is C24H29N5OS. The van der Waals surface area contributed by atoms with Gasteiger partial charge in [0.1, 0.15) is 0 Å². The molecule has 4 rings (SSSR count). The Morgan fingerprint density at radius 2 is 1.90 bits per heavy atom. The van der Waals surface area contributed by atoms with E-state index in [1.54, 1.807) is 12.4 Å². The Labute approximate surface area is 187 Å². The molecule has 0 saturated heterocycles. The molecule has 0 spiro atoms. The Balaban J connectivity index is 1.39. The van der Waals surface area contributed by atoms with Gasteiger partial charge in [0.25, 0.3) is 0 Å². The van der Waals surface area contributed by atoms with Crippen LogP contribution in [0.5, 0.6) is 0 Å². The number of amides is 1. The number of nitrogens with one attached hydrogen (secondary N) is 1. The lowest BCUT2D eigenvalue weighted by molar-refractivity contribution is -0.119. The third-order valence-corrected chi connectivity index (χ3v) is 6.65. The number of hydrogen-bond donors (Lipinski definition) is 1. The number of carbonyl (C=O) groups excluding carboxylic acids is 1. The highest BCUT2D eigenvalue weighted by atomic mass is 32.2. The molecule has 0 aliphatic heterocycles. The predicted molar refractivity (Wildman–Crippen MR) is 124 cm³/mol. The SMILES string of the molecule is CCCn1c(SCC(=O)NC(C)c2ccc3c(c2)CCCC3)nnc1-c1ccncc1. The summed E-state index contributed by atoms with van der Waals surface area (Å²) in [7, 11) is 0. The highest BCUT2D eigenvalue weighted by Gasteiger charge is 2.17. The molecule has 0 fully saturated rings. The first-order chi connectivity index (χ1) is 15.2. The summed E-state index contributed by atoms with van der Waals surface area (Å²) >= 11 is 1.43. The molecule has 1 aliphatic rings. The van der Waals surface area contributed by atoms with Crippen LogP contribution in [0, 0.1) is 0 Å². The maximum absolute atomic E-state index is 12.6. The summed E-state index contributed by atoms with van der Waals surface area (Å²) in [5, 5.41) is 12.6. The number of fused-ring (bicyclic) bond motifs is 1. The van der Waals surface area contributed by atoms with Gasteiger partial charge in [0, 0.05) is 24.5 Å². The minimum Gasteiger partial charge on any atom is -0.349 e. The van der Waals surface area contributed by atoms with Gasteiger partial charge in [0.2, 0.25) is 5.91 Å². The molecule has 2 aromatic heterocycles. The second kappa shape index (κ2) is 10.1. The lowest BCUT2D eigenvalue weighted by Crippen LogP contribution is -2.28. The van der Waals surface area contributed by atoms with E-state index in [2.05, 4.69) is 50.2 Å². The highest BCUT2D eigenvalue weighted by molar-refractivity contribution is 7.99. The molecule has 31 heavy (non-hydrogen) atoms. The Kier molecular flexibility index (Phi) is 7.02. The molecule has 0 radical (unpaired) electrons. The molecule has 2 heterocycles. The first-order valence-electron chi connectivity index (χ1n) is 11.0. The van der Waals surface area contributed by atoms with Crippen molar-refractivity contribution in [1.82, 2.24) is 25.1 Å². The van der Waals surface area contributed by atoms with Gasteiger partial charge in [0.05, 0.1) is 11.8 Å². The third kappa shape index (κ3) is 5.15. The summed E-state index contributed by atoms with van der Waals surface area (Å²) < 4.78 is 2.08. The molecule has 1 aliphatic carbocycles. The second-order valence-corrected chi connectivity index (χ2v) is 8.95. The molecule has 1 aromatic carbocycles. The fourth-order valence-corrected chi connectivity index (χ4v) is 4.83. The van der Waals surface area contributed by atoms with Crippen LogP contribution < -0.4 is 5.32 Å². The number of carbonyl (C=O) groups is 1. The van der Waals surface area contributed by atoms with E-state index in [4.69, 9.17) is 0 Å². The van der Waals surface area contributed by atoms with Crippen molar-refractivity contribution in [2.75, 3.05) is 5.75 Å². The topological polar surface area (TPSA) is 72.7 Å². The lowest BCUT2D eigenvalue weighted by atomic mass is 9.89. The van der Waals surface area contributed by atoms with E-state index >= 15 is 0 Å². The number of aromatic nitrogens is 4. The monoisotopic (exact) mass is 435 g/mol. The largest absolute Gasteiger partial charge is 0.349 e. The fraction of sp³-hybridized carbons (Fsp3) is 0.417. The number of pyridine rings is 1. The van der Waals surface area contributed by atoms with Crippen LogP contribution in [0.25, 0.3) is 11.4 Å². The maximum Gasteiger partial charge on any atom is 0.230 e. The van der Waals surface area contributed by atoms with Crippen LogP contribution in [0.3, 0.4) is 0 Å². The van der Waals surface area contributed by atoms with Gasteiger partial charge in [-0.15, -0.1) is 10.2 Å². The van der Waals surface area contributed by atoms with Gasteiger partial charge >= 0.3 is 0 Å². The summed E-state index contributed by atoms with van der Waals surface area (Å²) in [5.41, 5.74) is 5.06. The predicted octanol–water partition coefficient (Wildman–Crippen LogP) is 4.60. The van der Waals surface area contributed by atoms with Crippen LogP contribution in [0.2, 0.25) is 0 Å². The van der Waals surface area contributed by atoms with E-state index in [1.807, 2.05) is 19.1 Å². The van der Waals surface area contributed by atoms with Crippen LogP contribution in [-0.4, -0.2) is 31.4 Å². The van der Waals surface area contributed by atoms with E-state index in [9.17, 15) is 4.79 Å². The molecule has 1 N–H and O–H groups in total. The van der Waals surface area contributed by atoms with Crippen LogP contribution in [0.4, 0.5) is 0 Å². The Morgan fingerprint density at radius 1 is 1.13 bits per heavy atom. The van der Waals surface area contributed by atoms with Crippen molar-refractivity contribution < 1.29 is 4.79 Å². The van der Waals surface area contributed by atoms with E-state index < -0.39 is 0 Å². The van der Waals surface area contributed by atoms with Gasteiger partial charge in [-0.2, -0.15) is 0 Å². The molecule has 1 unspecified atom stereocenters. The first kappa shape index (κ1) is 21.6. The third-order valence-electron chi connectivity index (χ3n) is 5.68. The molecule has 1 amide bonds. The zero-order valence-electron chi connectivity index (χ0n) is 18.2. The number of nitrogens with zero attached hydrogens (tertiary/aromatic N) is 4. The number of hydrogen-bond acceptors (Lipinski definition) is 5. The Morgan fingerprint density at radius 3 is 2.68 bits per heavy atom. The molecule has 1 atom stereocenters. The molecule has 3 aromatic rings. The quantitative estimate of drug-likeness (QED) is 0.524. The van der Waals surface area contributed by atoms with Gasteiger partial charge in [-0.25, -0.2) is 0 Å². The minimum atomic E-state index is -0.0128. The van der Waals surface area contributed by atoms with Crippen molar-refractivity contribution in [2.24, 2.45) is 0 Å². The van der Waals surface area contributed by atoms with E-state index in [0.717, 1.165) is 35.9 Å². The van der Waals surface area contributed by atoms with E-state index in [-0.39, 0.29) is 11.9 Å². The average Bonchev–Trinajstić information content (AvgIpc) is 3.20. The van der Waals surface area contributed by atoms with Crippen LogP contribution in [0.15, 0.2) is 47.9 Å². The number of thioether (sulfide) groups is 1. The summed E-state index contributed by atoms with van der Waals surface area (Å²) in [4.78, 5) is 16.7. The summed E-state index contributed by atoms with van der Waals surface area (Å²) in [6.07, 6.45) is 9.32. The fourth-order valence-electron chi connectivity index (χ4n) is 4.05. The van der Waals surface area contributed by atoms with Crippen molar-refractivity contribution in [1.29, 1.82) is 0 Å². The van der Waals surface area contributed by atoms with Gasteiger partial charge in [-0.05, 0) is 67.9 Å². The first-order valence-corrected chi connectivity index (χ1v) is 12.0. The summed E-state index contributed by atoms with van der Waals surface area (Å²) in [6.45, 7) is 4.98. The number of aryl methyl sites for hydroxylation is 2. The average molecular weight is 436 g/mol. The van der Waals surface area contributed by atoms with E-state index in [0.29, 0.717) is 5.75 Å². The van der Waals surface area contributed by atoms with Gasteiger partial charge < -0.3 is 9.88 Å². The maximum atomic E-state index is 12.6. The lowest BCUT2D eigenvalue weighted by Gasteiger charge is -2.20. The minimum absolute atomic E-state index is 0.00623. The number of benzene rings is 1. The van der Waals surface area contributed by atoms with Crippen LogP contribution >= 0.6 is 11.8 Å². The van der Waals surface area contributed by atoms with Crippen molar-refractivity contribution in [3.05, 3.63) is 59.4 Å². The van der Waals surface area contributed by atoms with Gasteiger partial charge in [-0.1, -0.05) is 36.9 Å². The molecule has 7 heteroatoms. The second-order valence-electron chi connectivity index (χ2n) is 8.01. The van der Waals surface area contributed by atoms with Crippen molar-refractivity contribution in [3.8, 4) is 11.4 Å². The molecule has 6 nitrogen and oxygen atoms in total. The zero-order chi connectivity index (χ0) is 21.6. The number of rotatable bonds is 8. The normalized spacial score (nSPS) is 14.1. The summed E-state index contributed by atoms with van der Waals surface area (Å²) in [5.74, 6) is 1.13. The zero-order valence-corrected chi connectivity index (χ0v) is 19.0. The van der Waals surface area contributed by atoms with Gasteiger partial charge in [0.15, 0.2) is 11.0 Å². The Hall–Kier alpha value is -2.67. The molecule has 0 bridgehead atoms. The smallest absolute Gasteiger partial charge is 0.230 e. The van der Waals surface area contributed by atoms with Gasteiger partial charge in [-0.3, -0.25) is 9.78 Å². The van der Waals surface area contributed by atoms with Crippen LogP contribution in [-0.2, 0) is 24.2 Å². The summed E-state index contributed by atoms with van der Waals surface area (Å²) in [6, 6.07) is 10.5. The van der Waals surface area contributed by atoms with Crippen molar-refractivity contribution in [3.63, 3.8) is 0 Å². The van der Waals surface area contributed by atoms with Crippen molar-refractivity contribution >= 4 is 17.7 Å². The van der Waals surface area contributed by atoms with Crippen molar-refractivity contribution in [2.45, 2.75) is 63.7 Å². The Bertz CT molecular complexity index is 1030. The molecule has 0 saturated carbocycles. The standard InChI is InChI=1S/C24H29N5OS/c1-3-14-29-23(19-10-12-25-13-11-19)27-28-24(29)31-16-22(30)26-17(2)20-9-8-18-6-4-5-7-21(18)15-20/h8-13,15,17H,3-7,14,16H2,1-2H3,(H,26,30). The van der Waals surface area contributed by atoms with E-state index in [1.165, 1.54) is 47.7 Å². The molecular weight excluding hydrogens is 406 g/mol. The highest BCUT2D eigenvalue weighted by Crippen LogP contribution is 2.26.